The molecule has 2 aliphatic rings. The molecule has 1 saturated carbocycles. The summed E-state index contributed by atoms with van der Waals surface area (Å²) in [6.45, 7) is 3.82. The third-order valence-electron chi connectivity index (χ3n) is 5.38. The van der Waals surface area contributed by atoms with Gasteiger partial charge in [-0.3, -0.25) is 9.89 Å². The zero-order valence-electron chi connectivity index (χ0n) is 16.7. The molecule has 0 saturated heterocycles. The number of anilines is 3. The van der Waals surface area contributed by atoms with E-state index >= 15 is 0 Å². The van der Waals surface area contributed by atoms with Gasteiger partial charge in [0, 0.05) is 41.5 Å². The molecule has 1 fully saturated rings. The Morgan fingerprint density at radius 3 is 2.93 bits per heavy atom. The Labute approximate surface area is 169 Å². The van der Waals surface area contributed by atoms with E-state index in [-0.39, 0.29) is 30.1 Å². The number of H-pyrrole nitrogens is 1. The van der Waals surface area contributed by atoms with E-state index in [0.29, 0.717) is 6.42 Å². The van der Waals surface area contributed by atoms with Gasteiger partial charge >= 0.3 is 6.09 Å². The third-order valence-corrected chi connectivity index (χ3v) is 5.38. The van der Waals surface area contributed by atoms with Crippen LogP contribution < -0.4 is 16.0 Å². The molecule has 0 radical (unpaired) electrons. The van der Waals surface area contributed by atoms with Crippen molar-refractivity contribution in [2.45, 2.75) is 64.0 Å². The minimum absolute atomic E-state index is 0.0526. The van der Waals surface area contributed by atoms with Gasteiger partial charge in [0.05, 0.1) is 0 Å². The molecule has 0 bridgehead atoms. The molecule has 29 heavy (non-hydrogen) atoms. The minimum Gasteiger partial charge on any atom is -0.446 e. The lowest BCUT2D eigenvalue weighted by Crippen LogP contribution is -2.33. The fourth-order valence-corrected chi connectivity index (χ4v) is 3.96. The number of aromatic amines is 1. The molecule has 0 spiro atoms. The van der Waals surface area contributed by atoms with Gasteiger partial charge in [-0.2, -0.15) is 5.10 Å². The predicted octanol–water partition coefficient (Wildman–Crippen LogP) is 3.81. The van der Waals surface area contributed by atoms with Gasteiger partial charge in [-0.25, -0.2) is 4.79 Å². The van der Waals surface area contributed by atoms with Crippen LogP contribution in [0.5, 0.6) is 0 Å². The smallest absolute Gasteiger partial charge is 0.407 e. The third kappa shape index (κ3) is 4.70. The van der Waals surface area contributed by atoms with Crippen LogP contribution in [0, 0.1) is 0 Å². The highest BCUT2D eigenvalue weighted by molar-refractivity contribution is 5.94. The maximum Gasteiger partial charge on any atom is 0.407 e. The monoisotopic (exact) mass is 397 g/mol. The van der Waals surface area contributed by atoms with E-state index < -0.39 is 0 Å². The average molecular weight is 397 g/mol. The number of amides is 2. The molecular formula is C21H27N5O3. The van der Waals surface area contributed by atoms with Crippen molar-refractivity contribution in [3.63, 3.8) is 0 Å². The van der Waals surface area contributed by atoms with E-state index in [2.05, 4.69) is 26.1 Å². The first kappa shape index (κ1) is 19.3. The second-order valence-corrected chi connectivity index (χ2v) is 8.09. The summed E-state index contributed by atoms with van der Waals surface area (Å²) in [7, 11) is 0. The second-order valence-electron chi connectivity index (χ2n) is 8.09. The van der Waals surface area contributed by atoms with Crippen molar-refractivity contribution in [1.29, 1.82) is 0 Å². The lowest BCUT2D eigenvalue weighted by atomic mass is 10.0. The Morgan fingerprint density at radius 2 is 2.10 bits per heavy atom. The van der Waals surface area contributed by atoms with Crippen LogP contribution >= 0.6 is 0 Å². The van der Waals surface area contributed by atoms with Gasteiger partial charge < -0.3 is 20.7 Å². The number of nitrogens with one attached hydrogen (secondary N) is 4. The standard InChI is InChI=1S/C21H27N5O3/c1-12(2)22-21(28)29-16-7-4-14(9-16)18-11-19(26-25-18)23-15-6-3-13-5-8-20(27)24-17(13)10-15/h3,6,10-12,14,16H,4-5,7-9H2,1-2H3,(H,22,28)(H,24,27)(H2,23,25,26)/t14-,16+/m0/s1. The largest absolute Gasteiger partial charge is 0.446 e. The van der Waals surface area contributed by atoms with Crippen molar-refractivity contribution in [3.8, 4) is 0 Å². The first-order valence-electron chi connectivity index (χ1n) is 10.2. The number of rotatable bonds is 5. The maximum absolute atomic E-state index is 11.8. The lowest BCUT2D eigenvalue weighted by Gasteiger charge is -2.17. The Hall–Kier alpha value is -3.03. The summed E-state index contributed by atoms with van der Waals surface area (Å²) < 4.78 is 5.50. The molecule has 8 nitrogen and oxygen atoms in total. The summed E-state index contributed by atoms with van der Waals surface area (Å²) in [5.41, 5.74) is 3.92. The fraction of sp³-hybridized carbons (Fsp3) is 0.476. The van der Waals surface area contributed by atoms with Crippen LogP contribution in [0.2, 0.25) is 0 Å². The molecule has 154 valence electrons. The summed E-state index contributed by atoms with van der Waals surface area (Å²) in [5, 5.41) is 16.4. The van der Waals surface area contributed by atoms with Crippen LogP contribution in [-0.4, -0.2) is 34.3 Å². The van der Waals surface area contributed by atoms with E-state index in [1.807, 2.05) is 38.1 Å². The number of aryl methyl sites for hydroxylation is 1. The minimum atomic E-state index is -0.350. The van der Waals surface area contributed by atoms with Gasteiger partial charge in [0.2, 0.25) is 5.91 Å². The topological polar surface area (TPSA) is 108 Å². The molecule has 4 N–H and O–H groups in total. The molecule has 4 rings (SSSR count). The number of carbonyl (C=O) groups is 2. The van der Waals surface area contributed by atoms with Crippen molar-refractivity contribution in [2.75, 3.05) is 10.6 Å². The summed E-state index contributed by atoms with van der Waals surface area (Å²) in [6.07, 6.45) is 3.48. The number of hydrogen-bond acceptors (Lipinski definition) is 5. The van der Waals surface area contributed by atoms with Crippen LogP contribution in [0.4, 0.5) is 22.0 Å². The number of carbonyl (C=O) groups excluding carboxylic acids is 2. The van der Waals surface area contributed by atoms with Crippen LogP contribution in [0.15, 0.2) is 24.3 Å². The van der Waals surface area contributed by atoms with Crippen molar-refractivity contribution >= 4 is 29.2 Å². The zero-order valence-corrected chi connectivity index (χ0v) is 16.7. The quantitative estimate of drug-likeness (QED) is 0.614. The first-order chi connectivity index (χ1) is 14.0. The summed E-state index contributed by atoms with van der Waals surface area (Å²) in [6, 6.07) is 8.04. The molecule has 2 atom stereocenters. The Balaban J connectivity index is 1.35. The van der Waals surface area contributed by atoms with Gasteiger partial charge in [0.1, 0.15) is 6.10 Å². The number of nitrogens with zero attached hydrogens (tertiary/aromatic N) is 1. The van der Waals surface area contributed by atoms with E-state index in [4.69, 9.17) is 4.74 Å². The summed E-state index contributed by atoms with van der Waals surface area (Å²) in [5.74, 6) is 1.07. The number of ether oxygens (including phenoxy) is 1. The molecule has 1 aliphatic carbocycles. The fourth-order valence-electron chi connectivity index (χ4n) is 3.96. The number of benzene rings is 1. The highest BCUT2D eigenvalue weighted by Gasteiger charge is 2.30. The van der Waals surface area contributed by atoms with Gasteiger partial charge in [0.15, 0.2) is 5.82 Å². The number of alkyl carbamates (subject to hydrolysis) is 1. The lowest BCUT2D eigenvalue weighted by molar-refractivity contribution is -0.116. The summed E-state index contributed by atoms with van der Waals surface area (Å²) >= 11 is 0. The molecule has 1 aliphatic heterocycles. The molecule has 1 aromatic heterocycles. The van der Waals surface area contributed by atoms with Crippen molar-refractivity contribution in [3.05, 3.63) is 35.5 Å². The predicted molar refractivity (Wildman–Crippen MR) is 110 cm³/mol. The van der Waals surface area contributed by atoms with E-state index in [1.54, 1.807) is 0 Å². The Kier molecular flexibility index (Phi) is 5.42. The maximum atomic E-state index is 11.8. The van der Waals surface area contributed by atoms with E-state index in [0.717, 1.165) is 54.1 Å². The van der Waals surface area contributed by atoms with Gasteiger partial charge in [-0.15, -0.1) is 0 Å². The number of hydrogen-bond donors (Lipinski definition) is 4. The molecular weight excluding hydrogens is 370 g/mol. The highest BCUT2D eigenvalue weighted by atomic mass is 16.6. The van der Waals surface area contributed by atoms with Gasteiger partial charge in [-0.1, -0.05) is 6.07 Å². The van der Waals surface area contributed by atoms with Crippen molar-refractivity contribution in [1.82, 2.24) is 15.5 Å². The second kappa shape index (κ2) is 8.14. The molecule has 2 heterocycles. The summed E-state index contributed by atoms with van der Waals surface area (Å²) in [4.78, 5) is 23.4. The van der Waals surface area contributed by atoms with E-state index in [9.17, 15) is 9.59 Å². The van der Waals surface area contributed by atoms with Crippen LogP contribution in [0.3, 0.4) is 0 Å². The van der Waals surface area contributed by atoms with Crippen LogP contribution in [0.1, 0.15) is 56.7 Å². The van der Waals surface area contributed by atoms with E-state index in [1.165, 1.54) is 0 Å². The molecule has 2 amide bonds. The number of aromatic nitrogens is 2. The molecule has 8 heteroatoms. The molecule has 0 unspecified atom stereocenters. The Morgan fingerprint density at radius 1 is 1.24 bits per heavy atom. The molecule has 1 aromatic carbocycles. The van der Waals surface area contributed by atoms with Crippen molar-refractivity contribution in [2.24, 2.45) is 0 Å². The zero-order chi connectivity index (χ0) is 20.4. The van der Waals surface area contributed by atoms with Crippen LogP contribution in [-0.2, 0) is 16.0 Å². The Bertz CT molecular complexity index is 907. The highest BCUT2D eigenvalue weighted by Crippen LogP contribution is 2.36. The van der Waals surface area contributed by atoms with Crippen molar-refractivity contribution < 1.29 is 14.3 Å². The average Bonchev–Trinajstić information content (AvgIpc) is 3.30. The van der Waals surface area contributed by atoms with Crippen LogP contribution in [0.25, 0.3) is 0 Å². The first-order valence-corrected chi connectivity index (χ1v) is 10.2. The van der Waals surface area contributed by atoms with Gasteiger partial charge in [0.25, 0.3) is 0 Å². The van der Waals surface area contributed by atoms with Gasteiger partial charge in [-0.05, 0) is 57.2 Å². The number of fused-ring (bicyclic) bond motifs is 1. The SMILES string of the molecule is CC(C)NC(=O)O[C@@H]1CC[C@H](c2cc(Nc3ccc4c(c3)NC(=O)CC4)n[nH]2)C1. The normalized spacial score (nSPS) is 20.9. The molecule has 2 aromatic rings.